The zero-order valence-corrected chi connectivity index (χ0v) is 14.6. The number of rotatable bonds is 5. The Bertz CT molecular complexity index is 604. The fourth-order valence-electron chi connectivity index (χ4n) is 1.89. The third-order valence-corrected chi connectivity index (χ3v) is 5.70. The molecule has 2 rings (SSSR count). The van der Waals surface area contributed by atoms with Gasteiger partial charge in [0.05, 0.1) is 17.6 Å². The molecule has 2 aromatic rings. The molecule has 3 nitrogen and oxygen atoms in total. The number of para-hydroxylation sites is 2. The summed E-state index contributed by atoms with van der Waals surface area (Å²) in [4.78, 5) is 11.8. The molecule has 0 bridgehead atoms. The van der Waals surface area contributed by atoms with Crippen LogP contribution >= 0.6 is 31.9 Å². The van der Waals surface area contributed by atoms with Gasteiger partial charge in [0.15, 0.2) is 0 Å². The summed E-state index contributed by atoms with van der Waals surface area (Å²) in [6.45, 7) is 0. The summed E-state index contributed by atoms with van der Waals surface area (Å²) in [5.74, 6) is 0.501. The van der Waals surface area contributed by atoms with E-state index < -0.39 is 4.83 Å². The Kier molecular flexibility index (Phi) is 5.82. The fraction of sp³-hybridized carbons (Fsp3) is 0.188. The second kappa shape index (κ2) is 7.61. The van der Waals surface area contributed by atoms with Crippen molar-refractivity contribution in [3.05, 3.63) is 60.2 Å². The lowest BCUT2D eigenvalue weighted by atomic mass is 10.1. The van der Waals surface area contributed by atoms with Gasteiger partial charge >= 0.3 is 0 Å². The molecule has 21 heavy (non-hydrogen) atoms. The van der Waals surface area contributed by atoms with Crippen molar-refractivity contribution in [1.82, 2.24) is 0 Å². The van der Waals surface area contributed by atoms with Crippen molar-refractivity contribution < 1.29 is 9.53 Å². The molecule has 5 heteroatoms. The molecule has 0 spiro atoms. The maximum atomic E-state index is 12.4. The van der Waals surface area contributed by atoms with Crippen LogP contribution in [-0.2, 0) is 4.79 Å². The van der Waals surface area contributed by atoms with Crippen LogP contribution in [0.4, 0.5) is 5.69 Å². The number of benzene rings is 2. The molecule has 2 atom stereocenters. The molecule has 0 radical (unpaired) electrons. The van der Waals surface area contributed by atoms with Gasteiger partial charge in [-0.3, -0.25) is 4.79 Å². The van der Waals surface area contributed by atoms with E-state index in [1.165, 1.54) is 0 Å². The summed E-state index contributed by atoms with van der Waals surface area (Å²) in [5, 5.41) is 2.87. The molecule has 0 aliphatic rings. The minimum atomic E-state index is -0.398. The molecule has 0 aromatic heterocycles. The minimum absolute atomic E-state index is 0.117. The first-order valence-electron chi connectivity index (χ1n) is 6.40. The Balaban J connectivity index is 2.09. The van der Waals surface area contributed by atoms with Crippen molar-refractivity contribution in [2.45, 2.75) is 9.65 Å². The number of hydrogen-bond acceptors (Lipinski definition) is 2. The molecule has 0 heterocycles. The van der Waals surface area contributed by atoms with E-state index in [9.17, 15) is 4.79 Å². The lowest BCUT2D eigenvalue weighted by Crippen LogP contribution is -2.26. The average molecular weight is 413 g/mol. The number of halogens is 2. The van der Waals surface area contributed by atoms with E-state index in [2.05, 4.69) is 37.2 Å². The molecular formula is C16H15Br2NO2. The van der Waals surface area contributed by atoms with Crippen LogP contribution in [0.2, 0.25) is 0 Å². The SMILES string of the molecule is COc1ccccc1NC(=O)[C@@H](Br)[C@H](Br)c1ccccc1. The molecule has 0 aliphatic heterocycles. The maximum absolute atomic E-state index is 12.4. The quantitative estimate of drug-likeness (QED) is 0.732. The number of carbonyl (C=O) groups excluding carboxylic acids is 1. The van der Waals surface area contributed by atoms with Crippen LogP contribution in [0.5, 0.6) is 5.75 Å². The summed E-state index contributed by atoms with van der Waals surface area (Å²) in [6, 6.07) is 17.1. The second-order valence-corrected chi connectivity index (χ2v) is 6.38. The fourth-order valence-corrected chi connectivity index (χ4v) is 2.85. The highest BCUT2D eigenvalue weighted by molar-refractivity contribution is 9.12. The van der Waals surface area contributed by atoms with Gasteiger partial charge in [0.2, 0.25) is 5.91 Å². The van der Waals surface area contributed by atoms with E-state index in [0.29, 0.717) is 11.4 Å². The largest absolute Gasteiger partial charge is 0.495 e. The van der Waals surface area contributed by atoms with Crippen molar-refractivity contribution in [1.29, 1.82) is 0 Å². The summed E-state index contributed by atoms with van der Waals surface area (Å²) >= 11 is 7.01. The van der Waals surface area contributed by atoms with Gasteiger partial charge in [0.25, 0.3) is 0 Å². The van der Waals surface area contributed by atoms with E-state index in [4.69, 9.17) is 4.74 Å². The highest BCUT2D eigenvalue weighted by Gasteiger charge is 2.25. The number of amides is 1. The first-order valence-corrected chi connectivity index (χ1v) is 8.23. The van der Waals surface area contributed by atoms with Gasteiger partial charge in [-0.15, -0.1) is 0 Å². The van der Waals surface area contributed by atoms with E-state index in [-0.39, 0.29) is 10.7 Å². The zero-order chi connectivity index (χ0) is 15.2. The molecule has 0 fully saturated rings. The van der Waals surface area contributed by atoms with Gasteiger partial charge in [0, 0.05) is 0 Å². The number of methoxy groups -OCH3 is 1. The Labute approximate surface area is 141 Å². The van der Waals surface area contributed by atoms with Crippen molar-refractivity contribution in [2.75, 3.05) is 12.4 Å². The summed E-state index contributed by atoms with van der Waals surface area (Å²) in [5.41, 5.74) is 1.69. The maximum Gasteiger partial charge on any atom is 0.239 e. The van der Waals surface area contributed by atoms with Crippen molar-refractivity contribution in [2.24, 2.45) is 0 Å². The topological polar surface area (TPSA) is 38.3 Å². The minimum Gasteiger partial charge on any atom is -0.495 e. The van der Waals surface area contributed by atoms with Crippen molar-refractivity contribution in [3.63, 3.8) is 0 Å². The standard InChI is InChI=1S/C16H15Br2NO2/c1-21-13-10-6-5-9-12(13)19-16(20)15(18)14(17)11-7-3-2-4-8-11/h2-10,14-15H,1H3,(H,19,20)/t14-,15+/m1/s1. The average Bonchev–Trinajstić information content (AvgIpc) is 2.54. The monoisotopic (exact) mass is 411 g/mol. The van der Waals surface area contributed by atoms with Crippen LogP contribution in [0.3, 0.4) is 0 Å². The first kappa shape index (κ1) is 16.0. The number of alkyl halides is 2. The van der Waals surface area contributed by atoms with Crippen molar-refractivity contribution >= 4 is 43.5 Å². The van der Waals surface area contributed by atoms with Crippen molar-refractivity contribution in [3.8, 4) is 5.75 Å². The van der Waals surface area contributed by atoms with E-state index in [1.807, 2.05) is 54.6 Å². The molecule has 110 valence electrons. The zero-order valence-electron chi connectivity index (χ0n) is 11.4. The number of hydrogen-bond donors (Lipinski definition) is 1. The third-order valence-electron chi connectivity index (χ3n) is 2.99. The van der Waals surface area contributed by atoms with Crippen LogP contribution < -0.4 is 10.1 Å². The van der Waals surface area contributed by atoms with Gasteiger partial charge < -0.3 is 10.1 Å². The molecule has 0 saturated heterocycles. The second-order valence-electron chi connectivity index (χ2n) is 4.40. The van der Waals surface area contributed by atoms with Gasteiger partial charge in [0.1, 0.15) is 10.6 Å². The van der Waals surface area contributed by atoms with Crippen LogP contribution in [0.1, 0.15) is 10.4 Å². The number of carbonyl (C=O) groups is 1. The molecule has 0 saturated carbocycles. The highest BCUT2D eigenvalue weighted by Crippen LogP contribution is 2.32. The van der Waals surface area contributed by atoms with Gasteiger partial charge in [-0.2, -0.15) is 0 Å². The van der Waals surface area contributed by atoms with Crippen LogP contribution in [0.25, 0.3) is 0 Å². The normalized spacial score (nSPS) is 13.3. The van der Waals surface area contributed by atoms with Gasteiger partial charge in [-0.05, 0) is 17.7 Å². The Hall–Kier alpha value is -1.33. The molecule has 1 N–H and O–H groups in total. The van der Waals surface area contributed by atoms with E-state index >= 15 is 0 Å². The predicted molar refractivity (Wildman–Crippen MR) is 92.4 cm³/mol. The molecule has 2 aromatic carbocycles. The Morgan fingerprint density at radius 3 is 2.33 bits per heavy atom. The van der Waals surface area contributed by atoms with E-state index in [1.54, 1.807) is 7.11 Å². The number of nitrogens with one attached hydrogen (secondary N) is 1. The van der Waals surface area contributed by atoms with Gasteiger partial charge in [-0.25, -0.2) is 0 Å². The predicted octanol–water partition coefficient (Wildman–Crippen LogP) is 4.53. The van der Waals surface area contributed by atoms with Crippen LogP contribution in [0.15, 0.2) is 54.6 Å². The molecule has 0 aliphatic carbocycles. The smallest absolute Gasteiger partial charge is 0.239 e. The lowest BCUT2D eigenvalue weighted by molar-refractivity contribution is -0.115. The number of anilines is 1. The first-order chi connectivity index (χ1) is 10.1. The summed E-state index contributed by atoms with van der Waals surface area (Å²) < 4.78 is 5.23. The lowest BCUT2D eigenvalue weighted by Gasteiger charge is -2.18. The molecular weight excluding hydrogens is 398 g/mol. The Morgan fingerprint density at radius 2 is 1.67 bits per heavy atom. The van der Waals surface area contributed by atoms with Crippen LogP contribution in [-0.4, -0.2) is 17.8 Å². The Morgan fingerprint density at radius 1 is 1.05 bits per heavy atom. The molecule has 1 amide bonds. The third kappa shape index (κ3) is 4.08. The summed E-state index contributed by atoms with van der Waals surface area (Å²) in [6.07, 6.45) is 0. The highest BCUT2D eigenvalue weighted by atomic mass is 79.9. The van der Waals surface area contributed by atoms with Gasteiger partial charge in [-0.1, -0.05) is 74.3 Å². The van der Waals surface area contributed by atoms with E-state index in [0.717, 1.165) is 5.56 Å². The summed E-state index contributed by atoms with van der Waals surface area (Å²) in [7, 11) is 1.58. The van der Waals surface area contributed by atoms with Crippen LogP contribution in [0, 0.1) is 0 Å². The molecule has 0 unspecified atom stereocenters. The number of ether oxygens (including phenoxy) is 1.